The van der Waals surface area contributed by atoms with Gasteiger partial charge in [0.15, 0.2) is 5.82 Å². The smallest absolute Gasteiger partial charge is 0.416 e. The van der Waals surface area contributed by atoms with Gasteiger partial charge in [-0.3, -0.25) is 5.10 Å². The number of nitrogens with two attached hydrogens (primary N) is 1. The molecular weight excluding hydrogens is 585 g/mol. The van der Waals surface area contributed by atoms with E-state index in [1.54, 1.807) is 54.6 Å². The van der Waals surface area contributed by atoms with Crippen LogP contribution in [-0.4, -0.2) is 37.8 Å². The van der Waals surface area contributed by atoms with Gasteiger partial charge in [0.2, 0.25) is 10.0 Å². The first-order valence-corrected chi connectivity index (χ1v) is 14.3. The molecule has 6 N–H and O–H groups in total. The van der Waals surface area contributed by atoms with Crippen molar-refractivity contribution in [1.82, 2.24) is 14.9 Å². The van der Waals surface area contributed by atoms with Crippen molar-refractivity contribution in [3.05, 3.63) is 96.6 Å². The van der Waals surface area contributed by atoms with E-state index in [2.05, 4.69) is 25.6 Å². The normalized spacial score (nSPS) is 11.8. The summed E-state index contributed by atoms with van der Waals surface area (Å²) in [6.07, 6.45) is -4.53. The van der Waals surface area contributed by atoms with E-state index in [-0.39, 0.29) is 29.6 Å². The fourth-order valence-electron chi connectivity index (χ4n) is 4.31. The molecule has 0 spiro atoms. The number of benzene rings is 4. The number of carbonyl (C=O) groups excluding carboxylic acids is 1. The number of rotatable bonds is 9. The van der Waals surface area contributed by atoms with Crippen LogP contribution in [0.2, 0.25) is 0 Å². The van der Waals surface area contributed by atoms with Crippen LogP contribution in [0.5, 0.6) is 5.75 Å². The average molecular weight is 611 g/mol. The number of ether oxygens (including phenoxy) is 1. The SMILES string of the molecule is Nc1n[nH]c2c(OCCNS(=O)(=O)c3ccccc3)ccc(-c3ccc(NC(=O)Nc4cccc(C(F)(F)F)c4)cc3)c12. The van der Waals surface area contributed by atoms with Crippen LogP contribution in [0, 0.1) is 0 Å². The lowest BCUT2D eigenvalue weighted by atomic mass is 10.0. The molecule has 0 atom stereocenters. The number of carbonyl (C=O) groups is 1. The lowest BCUT2D eigenvalue weighted by molar-refractivity contribution is -0.137. The number of amides is 2. The minimum atomic E-state index is -4.53. The Hall–Kier alpha value is -5.08. The summed E-state index contributed by atoms with van der Waals surface area (Å²) < 4.78 is 72.0. The zero-order chi connectivity index (χ0) is 30.6. The summed E-state index contributed by atoms with van der Waals surface area (Å²) in [6.45, 7) is 0.0717. The molecule has 0 saturated heterocycles. The Morgan fingerprint density at radius 1 is 0.907 bits per heavy atom. The van der Waals surface area contributed by atoms with Gasteiger partial charge in [-0.15, -0.1) is 0 Å². The van der Waals surface area contributed by atoms with Gasteiger partial charge in [0.1, 0.15) is 17.9 Å². The Balaban J connectivity index is 1.24. The van der Waals surface area contributed by atoms with E-state index in [9.17, 15) is 26.4 Å². The summed E-state index contributed by atoms with van der Waals surface area (Å²) >= 11 is 0. The van der Waals surface area contributed by atoms with Gasteiger partial charge in [-0.1, -0.05) is 36.4 Å². The van der Waals surface area contributed by atoms with Gasteiger partial charge in [0, 0.05) is 17.9 Å². The molecule has 0 saturated carbocycles. The molecule has 0 fully saturated rings. The third-order valence-corrected chi connectivity index (χ3v) is 7.80. The van der Waals surface area contributed by atoms with Gasteiger partial charge >= 0.3 is 12.2 Å². The summed E-state index contributed by atoms with van der Waals surface area (Å²) in [6, 6.07) is 21.8. The molecule has 222 valence electrons. The molecule has 14 heteroatoms. The van der Waals surface area contributed by atoms with Crippen molar-refractivity contribution < 1.29 is 31.1 Å². The monoisotopic (exact) mass is 610 g/mol. The van der Waals surface area contributed by atoms with Crippen LogP contribution in [0.3, 0.4) is 0 Å². The maximum absolute atomic E-state index is 12.9. The van der Waals surface area contributed by atoms with E-state index in [1.165, 1.54) is 24.3 Å². The van der Waals surface area contributed by atoms with Crippen LogP contribution in [0.15, 0.2) is 95.9 Å². The van der Waals surface area contributed by atoms with E-state index in [1.807, 2.05) is 0 Å². The number of aromatic amines is 1. The molecular formula is C29H25F3N6O4S. The number of aromatic nitrogens is 2. The molecule has 0 bridgehead atoms. The van der Waals surface area contributed by atoms with Crippen molar-refractivity contribution in [3.63, 3.8) is 0 Å². The predicted octanol–water partition coefficient (Wildman–Crippen LogP) is 5.83. The van der Waals surface area contributed by atoms with Crippen LogP contribution < -0.4 is 25.8 Å². The lowest BCUT2D eigenvalue weighted by Crippen LogP contribution is -2.28. The number of nitrogens with one attached hydrogen (secondary N) is 4. The fourth-order valence-corrected chi connectivity index (χ4v) is 5.35. The molecule has 1 aromatic heterocycles. The second-order valence-electron chi connectivity index (χ2n) is 9.26. The third kappa shape index (κ3) is 6.88. The van der Waals surface area contributed by atoms with Crippen LogP contribution in [0.25, 0.3) is 22.0 Å². The van der Waals surface area contributed by atoms with Crippen LogP contribution in [0.1, 0.15) is 5.56 Å². The van der Waals surface area contributed by atoms with Crippen molar-refractivity contribution in [3.8, 4) is 16.9 Å². The van der Waals surface area contributed by atoms with Gasteiger partial charge in [0.05, 0.1) is 15.8 Å². The van der Waals surface area contributed by atoms with Crippen molar-refractivity contribution in [2.45, 2.75) is 11.1 Å². The number of nitrogens with zero attached hydrogens (tertiary/aromatic N) is 1. The maximum atomic E-state index is 12.9. The molecule has 0 aliphatic rings. The predicted molar refractivity (Wildman–Crippen MR) is 157 cm³/mol. The zero-order valence-corrected chi connectivity index (χ0v) is 23.1. The second kappa shape index (κ2) is 12.0. The van der Waals surface area contributed by atoms with E-state index in [0.717, 1.165) is 23.3 Å². The molecule has 0 unspecified atom stereocenters. The van der Waals surface area contributed by atoms with Gasteiger partial charge < -0.3 is 21.1 Å². The number of H-pyrrole nitrogens is 1. The van der Waals surface area contributed by atoms with E-state index >= 15 is 0 Å². The van der Waals surface area contributed by atoms with Crippen molar-refractivity contribution >= 4 is 44.1 Å². The molecule has 2 amide bonds. The summed E-state index contributed by atoms with van der Waals surface area (Å²) in [5, 5.41) is 12.5. The van der Waals surface area contributed by atoms with Crippen molar-refractivity contribution in [1.29, 1.82) is 0 Å². The Morgan fingerprint density at radius 3 is 2.35 bits per heavy atom. The number of sulfonamides is 1. The molecule has 43 heavy (non-hydrogen) atoms. The summed E-state index contributed by atoms with van der Waals surface area (Å²) in [7, 11) is -3.67. The number of fused-ring (bicyclic) bond motifs is 1. The third-order valence-electron chi connectivity index (χ3n) is 6.32. The van der Waals surface area contributed by atoms with Gasteiger partial charge in [-0.05, 0) is 65.7 Å². The summed E-state index contributed by atoms with van der Waals surface area (Å²) in [5.74, 6) is 0.648. The largest absolute Gasteiger partial charge is 0.490 e. The van der Waals surface area contributed by atoms with Gasteiger partial charge in [-0.2, -0.15) is 18.3 Å². The Kier molecular flexibility index (Phi) is 8.23. The molecule has 5 aromatic rings. The molecule has 5 rings (SSSR count). The first-order chi connectivity index (χ1) is 20.5. The number of hydrogen-bond acceptors (Lipinski definition) is 6. The second-order valence-corrected chi connectivity index (χ2v) is 11.0. The van der Waals surface area contributed by atoms with Crippen LogP contribution >= 0.6 is 0 Å². The molecule has 0 aliphatic heterocycles. The molecule has 0 aliphatic carbocycles. The van der Waals surface area contributed by atoms with Crippen LogP contribution in [-0.2, 0) is 16.2 Å². The van der Waals surface area contributed by atoms with Crippen molar-refractivity contribution in [2.75, 3.05) is 29.5 Å². The number of nitrogen functional groups attached to an aromatic ring is 1. The zero-order valence-electron chi connectivity index (χ0n) is 22.3. The average Bonchev–Trinajstić information content (AvgIpc) is 3.38. The van der Waals surface area contributed by atoms with E-state index in [0.29, 0.717) is 22.3 Å². The summed E-state index contributed by atoms with van der Waals surface area (Å²) in [5.41, 5.74) is 7.65. The molecule has 10 nitrogen and oxygen atoms in total. The van der Waals surface area contributed by atoms with E-state index < -0.39 is 27.8 Å². The first kappa shape index (κ1) is 29.4. The van der Waals surface area contributed by atoms with Crippen molar-refractivity contribution in [2.24, 2.45) is 0 Å². The molecule has 0 radical (unpaired) electrons. The fraction of sp³-hybridized carbons (Fsp3) is 0.103. The van der Waals surface area contributed by atoms with Gasteiger partial charge in [-0.25, -0.2) is 17.9 Å². The standard InChI is InChI=1S/C29H25F3N6O4S/c30-29(31,32)19-5-4-6-21(17-19)36-28(39)35-20-11-9-18(10-12-20)23-13-14-24(26-25(23)27(33)38-37-26)42-16-15-34-43(40,41)22-7-2-1-3-8-22/h1-14,17,34H,15-16H2,(H3,33,37,38)(H2,35,36,39). The summed E-state index contributed by atoms with van der Waals surface area (Å²) in [4.78, 5) is 12.5. The number of hydrogen-bond donors (Lipinski definition) is 5. The van der Waals surface area contributed by atoms with E-state index in [4.69, 9.17) is 10.5 Å². The Labute approximate surface area is 244 Å². The van der Waals surface area contributed by atoms with Gasteiger partial charge in [0.25, 0.3) is 0 Å². The number of urea groups is 1. The minimum absolute atomic E-state index is 0.00215. The topological polar surface area (TPSA) is 151 Å². The maximum Gasteiger partial charge on any atom is 0.416 e. The molecule has 1 heterocycles. The highest BCUT2D eigenvalue weighted by Gasteiger charge is 2.30. The highest BCUT2D eigenvalue weighted by molar-refractivity contribution is 7.89. The number of alkyl halides is 3. The highest BCUT2D eigenvalue weighted by Crippen LogP contribution is 2.37. The molecule has 4 aromatic carbocycles. The Morgan fingerprint density at radius 2 is 1.63 bits per heavy atom. The first-order valence-electron chi connectivity index (χ1n) is 12.8. The number of anilines is 3. The lowest BCUT2D eigenvalue weighted by Gasteiger charge is -2.12. The number of halogens is 3. The quantitative estimate of drug-likeness (QED) is 0.133. The Bertz CT molecular complexity index is 1860. The minimum Gasteiger partial charge on any atom is -0.490 e. The van der Waals surface area contributed by atoms with Crippen LogP contribution in [0.4, 0.5) is 35.2 Å². The highest BCUT2D eigenvalue weighted by atomic mass is 32.2.